The largest absolute Gasteiger partial charge is 0.444 e. The van der Waals surface area contributed by atoms with E-state index >= 15 is 0 Å². The summed E-state index contributed by atoms with van der Waals surface area (Å²) in [4.78, 5) is 38.0. The van der Waals surface area contributed by atoms with Crippen LogP contribution in [-0.2, 0) is 4.74 Å². The van der Waals surface area contributed by atoms with Gasteiger partial charge in [-0.25, -0.2) is 15.0 Å². The smallest absolute Gasteiger partial charge is 0.407 e. The number of hydrogen-bond donors (Lipinski definition) is 3. The molecule has 1 aromatic carbocycles. The summed E-state index contributed by atoms with van der Waals surface area (Å²) < 4.78 is 5.25. The van der Waals surface area contributed by atoms with Crippen LogP contribution in [0.1, 0.15) is 49.5 Å². The third-order valence-corrected chi connectivity index (χ3v) is 4.10. The van der Waals surface area contributed by atoms with E-state index < -0.39 is 17.7 Å². The highest BCUT2D eigenvalue weighted by Gasteiger charge is 2.26. The molecular weight excluding hydrogens is 348 g/mol. The van der Waals surface area contributed by atoms with Crippen LogP contribution >= 0.6 is 0 Å². The Bertz CT molecular complexity index is 699. The van der Waals surface area contributed by atoms with Gasteiger partial charge in [0.05, 0.1) is 0 Å². The zero-order chi connectivity index (χ0) is 20.0. The highest BCUT2D eigenvalue weighted by Crippen LogP contribution is 2.12. The van der Waals surface area contributed by atoms with Crippen molar-refractivity contribution in [2.75, 3.05) is 13.1 Å². The molecule has 27 heavy (non-hydrogen) atoms. The highest BCUT2D eigenvalue weighted by molar-refractivity contribution is 5.96. The first-order valence-electron chi connectivity index (χ1n) is 9.06. The van der Waals surface area contributed by atoms with E-state index in [9.17, 15) is 14.4 Å². The number of carbonyl (C=O) groups is 3. The number of ether oxygens (including phenoxy) is 1. The molecule has 1 saturated heterocycles. The van der Waals surface area contributed by atoms with Crippen LogP contribution in [0.3, 0.4) is 0 Å². The van der Waals surface area contributed by atoms with E-state index in [4.69, 9.17) is 4.74 Å². The summed E-state index contributed by atoms with van der Waals surface area (Å²) in [6.45, 7) is 8.12. The molecule has 148 valence electrons. The number of nitrogens with one attached hydrogen (secondary N) is 3. The first-order chi connectivity index (χ1) is 12.7. The van der Waals surface area contributed by atoms with Crippen molar-refractivity contribution in [3.05, 3.63) is 35.4 Å². The van der Waals surface area contributed by atoms with Crippen LogP contribution in [0.5, 0.6) is 0 Å². The van der Waals surface area contributed by atoms with Gasteiger partial charge in [0.25, 0.3) is 5.91 Å². The predicted molar refractivity (Wildman–Crippen MR) is 101 cm³/mol. The van der Waals surface area contributed by atoms with Gasteiger partial charge in [-0.15, -0.1) is 0 Å². The molecule has 8 heteroatoms. The maximum atomic E-state index is 12.3. The van der Waals surface area contributed by atoms with Crippen molar-refractivity contribution in [3.8, 4) is 0 Å². The zero-order valence-electron chi connectivity index (χ0n) is 16.3. The molecule has 0 unspecified atom stereocenters. The first-order valence-corrected chi connectivity index (χ1v) is 9.06. The van der Waals surface area contributed by atoms with Gasteiger partial charge >= 0.3 is 12.1 Å². The number of alkyl carbamates (subject to hydrolysis) is 1. The van der Waals surface area contributed by atoms with Gasteiger partial charge in [-0.2, -0.15) is 0 Å². The average molecular weight is 376 g/mol. The van der Waals surface area contributed by atoms with Crippen LogP contribution in [-0.4, -0.2) is 47.7 Å². The number of rotatable bonds is 2. The summed E-state index contributed by atoms with van der Waals surface area (Å²) in [5.74, 6) is -0.373. The van der Waals surface area contributed by atoms with Crippen LogP contribution in [0, 0.1) is 6.92 Å². The van der Waals surface area contributed by atoms with Crippen LogP contribution < -0.4 is 16.2 Å². The van der Waals surface area contributed by atoms with Gasteiger partial charge in [-0.1, -0.05) is 18.2 Å². The quantitative estimate of drug-likeness (QED) is 0.690. The molecule has 8 nitrogen and oxygen atoms in total. The van der Waals surface area contributed by atoms with Crippen molar-refractivity contribution in [1.82, 2.24) is 21.1 Å². The number of benzene rings is 1. The van der Waals surface area contributed by atoms with E-state index in [0.29, 0.717) is 18.7 Å². The number of likely N-dealkylation sites (tertiary alicyclic amines) is 1. The van der Waals surface area contributed by atoms with Gasteiger partial charge in [-0.05, 0) is 52.2 Å². The lowest BCUT2D eigenvalue weighted by atomic mass is 10.1. The zero-order valence-corrected chi connectivity index (χ0v) is 16.3. The van der Waals surface area contributed by atoms with E-state index in [1.165, 1.54) is 0 Å². The second-order valence-corrected chi connectivity index (χ2v) is 7.63. The molecule has 0 saturated carbocycles. The molecule has 0 spiro atoms. The Morgan fingerprint density at radius 2 is 1.85 bits per heavy atom. The number of nitrogens with zero attached hydrogens (tertiary/aromatic N) is 1. The lowest BCUT2D eigenvalue weighted by Gasteiger charge is -2.33. The fourth-order valence-electron chi connectivity index (χ4n) is 2.84. The minimum absolute atomic E-state index is 0.189. The van der Waals surface area contributed by atoms with E-state index in [1.807, 2.05) is 19.1 Å². The molecule has 0 aliphatic carbocycles. The Kier molecular flexibility index (Phi) is 6.65. The van der Waals surface area contributed by atoms with Gasteiger partial charge in [0.2, 0.25) is 0 Å². The number of hydrazine groups is 1. The summed E-state index contributed by atoms with van der Waals surface area (Å²) in [6, 6.07) is 6.53. The molecular formula is C19H28N4O4. The molecule has 1 fully saturated rings. The molecule has 4 amide bonds. The number of urea groups is 1. The number of aryl methyl sites for hydroxylation is 1. The third kappa shape index (κ3) is 6.47. The van der Waals surface area contributed by atoms with Gasteiger partial charge < -0.3 is 15.0 Å². The normalized spacial score (nSPS) is 17.0. The molecule has 0 bridgehead atoms. The van der Waals surface area contributed by atoms with Crippen molar-refractivity contribution in [3.63, 3.8) is 0 Å². The van der Waals surface area contributed by atoms with Gasteiger partial charge in [-0.3, -0.25) is 10.2 Å². The van der Waals surface area contributed by atoms with Crippen molar-refractivity contribution >= 4 is 18.0 Å². The Balaban J connectivity index is 1.83. The second kappa shape index (κ2) is 8.75. The highest BCUT2D eigenvalue weighted by atomic mass is 16.6. The monoisotopic (exact) mass is 376 g/mol. The number of piperidine rings is 1. The lowest BCUT2D eigenvalue weighted by molar-refractivity contribution is 0.0479. The summed E-state index contributed by atoms with van der Waals surface area (Å²) in [7, 11) is 0. The Labute approximate surface area is 159 Å². The SMILES string of the molecule is Cc1ccccc1C(=O)NNC(=O)N1CCC[C@H](NC(=O)OC(C)(C)C)C1. The summed E-state index contributed by atoms with van der Waals surface area (Å²) in [6.07, 6.45) is 1.01. The lowest BCUT2D eigenvalue weighted by Crippen LogP contribution is -2.55. The van der Waals surface area contributed by atoms with Gasteiger partial charge in [0.15, 0.2) is 0 Å². The first kappa shape index (κ1) is 20.5. The third-order valence-electron chi connectivity index (χ3n) is 4.10. The van der Waals surface area contributed by atoms with Crippen molar-refractivity contribution < 1.29 is 19.1 Å². The van der Waals surface area contributed by atoms with Gasteiger partial charge in [0, 0.05) is 24.7 Å². The van der Waals surface area contributed by atoms with Gasteiger partial charge in [0.1, 0.15) is 5.60 Å². The van der Waals surface area contributed by atoms with Crippen molar-refractivity contribution in [2.45, 2.75) is 52.2 Å². The fraction of sp³-hybridized carbons (Fsp3) is 0.526. The van der Waals surface area contributed by atoms with E-state index in [0.717, 1.165) is 18.4 Å². The van der Waals surface area contributed by atoms with Crippen molar-refractivity contribution in [1.29, 1.82) is 0 Å². The summed E-state index contributed by atoms with van der Waals surface area (Å²) in [5, 5.41) is 2.79. The molecule has 1 aliphatic heterocycles. The minimum Gasteiger partial charge on any atom is -0.444 e. The fourth-order valence-corrected chi connectivity index (χ4v) is 2.84. The molecule has 1 atom stereocenters. The molecule has 1 aliphatic rings. The number of hydrogen-bond acceptors (Lipinski definition) is 4. The second-order valence-electron chi connectivity index (χ2n) is 7.63. The molecule has 3 N–H and O–H groups in total. The standard InChI is InChI=1S/C19H28N4O4/c1-13-8-5-6-10-15(13)16(24)21-22-17(25)23-11-7-9-14(12-23)20-18(26)27-19(2,3)4/h5-6,8,10,14H,7,9,11-12H2,1-4H3,(H,20,26)(H,21,24)(H,22,25)/t14-/m0/s1. The maximum absolute atomic E-state index is 12.3. The van der Waals surface area contributed by atoms with Crippen LogP contribution in [0.25, 0.3) is 0 Å². The van der Waals surface area contributed by atoms with E-state index in [2.05, 4.69) is 16.2 Å². The molecule has 0 radical (unpaired) electrons. The van der Waals surface area contributed by atoms with Crippen LogP contribution in [0.4, 0.5) is 9.59 Å². The molecule has 2 rings (SSSR count). The summed E-state index contributed by atoms with van der Waals surface area (Å²) >= 11 is 0. The molecule has 1 heterocycles. The van der Waals surface area contributed by atoms with Crippen LogP contribution in [0.15, 0.2) is 24.3 Å². The minimum atomic E-state index is -0.574. The van der Waals surface area contributed by atoms with Crippen molar-refractivity contribution in [2.24, 2.45) is 0 Å². The number of carbonyl (C=O) groups excluding carboxylic acids is 3. The average Bonchev–Trinajstić information content (AvgIpc) is 2.58. The topological polar surface area (TPSA) is 99.8 Å². The van der Waals surface area contributed by atoms with E-state index in [-0.39, 0.29) is 11.9 Å². The predicted octanol–water partition coefficient (Wildman–Crippen LogP) is 2.34. The number of amides is 4. The Morgan fingerprint density at radius 3 is 2.52 bits per heavy atom. The Hall–Kier alpha value is -2.77. The van der Waals surface area contributed by atoms with Crippen LogP contribution in [0.2, 0.25) is 0 Å². The molecule has 1 aromatic rings. The Morgan fingerprint density at radius 1 is 1.15 bits per heavy atom. The molecule has 0 aromatic heterocycles. The maximum Gasteiger partial charge on any atom is 0.407 e. The summed E-state index contributed by atoms with van der Waals surface area (Å²) in [5.41, 5.74) is 5.61. The van der Waals surface area contributed by atoms with E-state index in [1.54, 1.807) is 37.8 Å².